The van der Waals surface area contributed by atoms with Crippen LogP contribution in [-0.4, -0.2) is 45.1 Å². The van der Waals surface area contributed by atoms with Gasteiger partial charge in [-0.2, -0.15) is 9.97 Å². The number of aromatic nitrogens is 2. The first-order valence-electron chi connectivity index (χ1n) is 10.9. The zero-order valence-corrected chi connectivity index (χ0v) is 20.8. The lowest BCUT2D eigenvalue weighted by molar-refractivity contribution is -0.118. The number of anilines is 2. The predicted octanol–water partition coefficient (Wildman–Crippen LogP) is 3.83. The van der Waals surface area contributed by atoms with E-state index in [1.807, 2.05) is 24.3 Å². The van der Waals surface area contributed by atoms with Gasteiger partial charge in [-0.05, 0) is 48.2 Å². The Balaban J connectivity index is 1.63. The van der Waals surface area contributed by atoms with Crippen LogP contribution in [0.3, 0.4) is 0 Å². The number of amides is 1. The Labute approximate surface area is 204 Å². The molecule has 0 radical (unpaired) electrons. The Bertz CT molecular complexity index is 1240. The fraction of sp³-hybridized carbons (Fsp3) is 0.292. The number of hydrogen-bond donors (Lipinski definition) is 2. The van der Waals surface area contributed by atoms with Crippen molar-refractivity contribution in [1.82, 2.24) is 9.97 Å². The summed E-state index contributed by atoms with van der Waals surface area (Å²) in [5.41, 5.74) is 1.47. The molecule has 0 fully saturated rings. The second-order valence-electron chi connectivity index (χ2n) is 7.60. The van der Waals surface area contributed by atoms with Gasteiger partial charge in [-0.15, -0.1) is 0 Å². The van der Waals surface area contributed by atoms with Gasteiger partial charge in [0.2, 0.25) is 5.88 Å². The molecule has 2 aromatic carbocycles. The van der Waals surface area contributed by atoms with E-state index in [0.29, 0.717) is 17.4 Å². The van der Waals surface area contributed by atoms with Crippen molar-refractivity contribution in [2.45, 2.75) is 31.1 Å². The van der Waals surface area contributed by atoms with Crippen LogP contribution in [0.2, 0.25) is 0 Å². The number of methoxy groups -OCH3 is 2. The number of carbonyl (C=O) groups is 1. The monoisotopic (exact) mass is 500 g/mol. The summed E-state index contributed by atoms with van der Waals surface area (Å²) >= 11 is 0. The second kappa shape index (κ2) is 11.5. The van der Waals surface area contributed by atoms with E-state index >= 15 is 0 Å². The fourth-order valence-electron chi connectivity index (χ4n) is 3.15. The topological polar surface area (TPSA) is 129 Å². The van der Waals surface area contributed by atoms with Gasteiger partial charge < -0.3 is 19.5 Å². The number of nitrogens with zero attached hydrogens (tertiary/aromatic N) is 2. The molecule has 3 aromatic rings. The smallest absolute Gasteiger partial charge is 0.321 e. The molecule has 10 nitrogen and oxygen atoms in total. The first-order chi connectivity index (χ1) is 16.7. The van der Waals surface area contributed by atoms with Crippen LogP contribution in [0.1, 0.15) is 31.7 Å². The molecule has 0 aliphatic rings. The van der Waals surface area contributed by atoms with Crippen molar-refractivity contribution in [1.29, 1.82) is 0 Å². The summed E-state index contributed by atoms with van der Waals surface area (Å²) in [6.07, 6.45) is 0.953. The summed E-state index contributed by atoms with van der Waals surface area (Å²) in [4.78, 5) is 20.2. The van der Waals surface area contributed by atoms with Crippen molar-refractivity contribution in [2.75, 3.05) is 30.9 Å². The zero-order chi connectivity index (χ0) is 25.4. The minimum atomic E-state index is -3.96. The van der Waals surface area contributed by atoms with Crippen LogP contribution in [0.5, 0.6) is 17.6 Å². The molecule has 0 saturated carbocycles. The number of ether oxygens (including phenoxy) is 3. The van der Waals surface area contributed by atoms with Crippen LogP contribution in [0.4, 0.5) is 11.5 Å². The van der Waals surface area contributed by atoms with E-state index in [0.717, 1.165) is 12.0 Å². The standard InChI is InChI=1S/C24H28N4O6S/c1-5-16(2)19-8-6-7-9-20(19)34-15-22(29)25-17-10-12-18(13-11-17)35(30,31)28-21-14-23(32-3)27-24(26-21)33-4/h6-14,16H,5,15H2,1-4H3,(H,25,29)(H,26,27,28)/t16-/m1/s1. The molecule has 0 spiro atoms. The molecule has 0 unspecified atom stereocenters. The Morgan fingerprint density at radius 1 is 1.03 bits per heavy atom. The molecule has 1 atom stereocenters. The molecule has 0 aliphatic heterocycles. The summed E-state index contributed by atoms with van der Waals surface area (Å²) in [6.45, 7) is 4.02. The van der Waals surface area contributed by atoms with Crippen molar-refractivity contribution >= 4 is 27.4 Å². The van der Waals surface area contributed by atoms with E-state index in [4.69, 9.17) is 14.2 Å². The van der Waals surface area contributed by atoms with Gasteiger partial charge >= 0.3 is 6.01 Å². The third-order valence-electron chi connectivity index (χ3n) is 5.18. The Morgan fingerprint density at radius 3 is 2.40 bits per heavy atom. The highest BCUT2D eigenvalue weighted by Crippen LogP contribution is 2.28. The molecule has 3 rings (SSSR count). The van der Waals surface area contributed by atoms with Gasteiger partial charge in [-0.3, -0.25) is 9.52 Å². The molecule has 35 heavy (non-hydrogen) atoms. The summed E-state index contributed by atoms with van der Waals surface area (Å²) in [6, 6.07) is 14.6. The molecule has 0 saturated heterocycles. The minimum Gasteiger partial charge on any atom is -0.483 e. The maximum atomic E-state index is 12.7. The first kappa shape index (κ1) is 25.8. The summed E-state index contributed by atoms with van der Waals surface area (Å²) < 4.78 is 43.6. The number of benzene rings is 2. The van der Waals surface area contributed by atoms with E-state index in [9.17, 15) is 13.2 Å². The van der Waals surface area contributed by atoms with Crippen LogP contribution in [-0.2, 0) is 14.8 Å². The van der Waals surface area contributed by atoms with Crippen molar-refractivity contribution in [3.05, 3.63) is 60.2 Å². The summed E-state index contributed by atoms with van der Waals surface area (Å²) in [5, 5.41) is 2.70. The molecule has 2 N–H and O–H groups in total. The van der Waals surface area contributed by atoms with Crippen LogP contribution in [0.25, 0.3) is 0 Å². The Morgan fingerprint density at radius 2 is 1.74 bits per heavy atom. The number of para-hydroxylation sites is 1. The van der Waals surface area contributed by atoms with Gasteiger partial charge in [-0.1, -0.05) is 32.0 Å². The van der Waals surface area contributed by atoms with Crippen molar-refractivity contribution in [3.63, 3.8) is 0 Å². The maximum absolute atomic E-state index is 12.7. The van der Waals surface area contributed by atoms with Crippen molar-refractivity contribution in [2.24, 2.45) is 0 Å². The zero-order valence-electron chi connectivity index (χ0n) is 19.9. The quantitative estimate of drug-likeness (QED) is 0.407. The van der Waals surface area contributed by atoms with Gasteiger partial charge in [0.25, 0.3) is 15.9 Å². The number of sulfonamides is 1. The number of nitrogens with one attached hydrogen (secondary N) is 2. The minimum absolute atomic E-state index is 0.0131. The predicted molar refractivity (Wildman–Crippen MR) is 132 cm³/mol. The number of rotatable bonds is 11. The molecule has 1 aromatic heterocycles. The van der Waals surface area contributed by atoms with Crippen LogP contribution in [0, 0.1) is 0 Å². The number of carbonyl (C=O) groups excluding carboxylic acids is 1. The van der Waals surface area contributed by atoms with Crippen LogP contribution >= 0.6 is 0 Å². The van der Waals surface area contributed by atoms with Crippen LogP contribution < -0.4 is 24.2 Å². The molecule has 0 bridgehead atoms. The maximum Gasteiger partial charge on any atom is 0.321 e. The van der Waals surface area contributed by atoms with Crippen LogP contribution in [0.15, 0.2) is 59.5 Å². The Kier molecular flexibility index (Phi) is 8.48. The molecule has 0 aliphatic carbocycles. The lowest BCUT2D eigenvalue weighted by Gasteiger charge is -2.15. The summed E-state index contributed by atoms with van der Waals surface area (Å²) in [7, 11) is -1.21. The van der Waals surface area contributed by atoms with Gasteiger partial charge in [0.15, 0.2) is 12.4 Å². The SMILES string of the molecule is CC[C@@H](C)c1ccccc1OCC(=O)Nc1ccc(S(=O)(=O)Nc2cc(OC)nc(OC)n2)cc1. The molecular weight excluding hydrogens is 472 g/mol. The average Bonchev–Trinajstić information content (AvgIpc) is 2.87. The van der Waals surface area contributed by atoms with Gasteiger partial charge in [0, 0.05) is 11.8 Å². The van der Waals surface area contributed by atoms with E-state index in [1.165, 1.54) is 44.6 Å². The molecule has 1 heterocycles. The molecular formula is C24H28N4O6S. The van der Waals surface area contributed by atoms with E-state index in [1.54, 1.807) is 0 Å². The third-order valence-corrected chi connectivity index (χ3v) is 6.55. The lowest BCUT2D eigenvalue weighted by atomic mass is 9.98. The highest BCUT2D eigenvalue weighted by molar-refractivity contribution is 7.92. The fourth-order valence-corrected chi connectivity index (χ4v) is 4.14. The normalized spacial score (nSPS) is 11.9. The second-order valence-corrected chi connectivity index (χ2v) is 9.28. The van der Waals surface area contributed by atoms with Crippen molar-refractivity contribution < 1.29 is 27.4 Å². The largest absolute Gasteiger partial charge is 0.483 e. The van der Waals surface area contributed by atoms with E-state index in [2.05, 4.69) is 33.9 Å². The molecule has 11 heteroatoms. The highest BCUT2D eigenvalue weighted by Gasteiger charge is 2.17. The lowest BCUT2D eigenvalue weighted by Crippen LogP contribution is -2.21. The van der Waals surface area contributed by atoms with Gasteiger partial charge in [0.05, 0.1) is 19.1 Å². The Hall–Kier alpha value is -3.86. The number of hydrogen-bond acceptors (Lipinski definition) is 8. The highest BCUT2D eigenvalue weighted by atomic mass is 32.2. The van der Waals surface area contributed by atoms with Gasteiger partial charge in [0.1, 0.15) is 5.75 Å². The average molecular weight is 501 g/mol. The summed E-state index contributed by atoms with van der Waals surface area (Å²) in [5.74, 6) is 0.741. The van der Waals surface area contributed by atoms with Crippen molar-refractivity contribution in [3.8, 4) is 17.6 Å². The molecule has 186 valence electrons. The van der Waals surface area contributed by atoms with E-state index in [-0.39, 0.29) is 35.1 Å². The van der Waals surface area contributed by atoms with E-state index < -0.39 is 10.0 Å². The van der Waals surface area contributed by atoms with Gasteiger partial charge in [-0.25, -0.2) is 8.42 Å². The molecule has 1 amide bonds. The first-order valence-corrected chi connectivity index (χ1v) is 12.4. The third kappa shape index (κ3) is 6.82.